The molecule has 2 aliphatic rings. The lowest BCUT2D eigenvalue weighted by molar-refractivity contribution is -0.108. The first kappa shape index (κ1) is 16.3. The molecule has 0 amide bonds. The van der Waals surface area contributed by atoms with Crippen LogP contribution < -0.4 is 5.32 Å². The Kier molecular flexibility index (Phi) is 5.53. The van der Waals surface area contributed by atoms with Crippen LogP contribution in [0.15, 0.2) is 0 Å². The van der Waals surface area contributed by atoms with E-state index in [-0.39, 0.29) is 5.60 Å². The monoisotopic (exact) mass is 281 g/mol. The minimum atomic E-state index is 0.106. The van der Waals surface area contributed by atoms with Crippen LogP contribution in [0.1, 0.15) is 79.1 Å². The van der Waals surface area contributed by atoms with E-state index in [9.17, 15) is 0 Å². The van der Waals surface area contributed by atoms with Gasteiger partial charge in [-0.15, -0.1) is 0 Å². The Bertz CT molecular complexity index is 286. The van der Waals surface area contributed by atoms with Gasteiger partial charge < -0.3 is 10.1 Å². The molecular weight excluding hydrogens is 246 g/mol. The predicted molar refractivity (Wildman–Crippen MR) is 86.0 cm³/mol. The summed E-state index contributed by atoms with van der Waals surface area (Å²) in [5.74, 6) is 1.02. The molecule has 0 heterocycles. The first-order valence-corrected chi connectivity index (χ1v) is 8.89. The molecule has 2 rings (SSSR count). The van der Waals surface area contributed by atoms with Crippen LogP contribution in [0.5, 0.6) is 0 Å². The van der Waals surface area contributed by atoms with Crippen LogP contribution in [0, 0.1) is 11.3 Å². The van der Waals surface area contributed by atoms with Crippen molar-refractivity contribution >= 4 is 0 Å². The highest BCUT2D eigenvalue weighted by atomic mass is 16.5. The molecule has 2 aliphatic carbocycles. The summed E-state index contributed by atoms with van der Waals surface area (Å²) in [7, 11) is 0. The molecule has 0 spiro atoms. The molecule has 2 heteroatoms. The van der Waals surface area contributed by atoms with Crippen molar-refractivity contribution in [2.24, 2.45) is 11.3 Å². The summed E-state index contributed by atoms with van der Waals surface area (Å²) in [5, 5.41) is 3.76. The molecule has 2 saturated carbocycles. The number of ether oxygens (including phenoxy) is 1. The van der Waals surface area contributed by atoms with Gasteiger partial charge in [-0.05, 0) is 63.3 Å². The molecular formula is C18H35NO. The second-order valence-electron chi connectivity index (χ2n) is 7.79. The van der Waals surface area contributed by atoms with Gasteiger partial charge in [0.1, 0.15) is 0 Å². The van der Waals surface area contributed by atoms with E-state index in [0.29, 0.717) is 11.5 Å². The summed E-state index contributed by atoms with van der Waals surface area (Å²) in [6, 6.07) is 0.559. The summed E-state index contributed by atoms with van der Waals surface area (Å²) in [4.78, 5) is 0. The lowest BCUT2D eigenvalue weighted by Crippen LogP contribution is -2.55. The number of likely N-dealkylation sites (N-methyl/N-ethyl adjacent to an activating group) is 1. The van der Waals surface area contributed by atoms with Crippen molar-refractivity contribution in [3.63, 3.8) is 0 Å². The second kappa shape index (κ2) is 6.79. The number of nitrogens with one attached hydrogen (secondary N) is 1. The Morgan fingerprint density at radius 3 is 2.25 bits per heavy atom. The molecule has 2 nitrogen and oxygen atoms in total. The minimum absolute atomic E-state index is 0.106. The molecule has 0 saturated heterocycles. The van der Waals surface area contributed by atoms with Gasteiger partial charge in [0.05, 0.1) is 5.60 Å². The van der Waals surface area contributed by atoms with Crippen molar-refractivity contribution in [2.75, 3.05) is 13.2 Å². The fourth-order valence-corrected chi connectivity index (χ4v) is 3.84. The van der Waals surface area contributed by atoms with Gasteiger partial charge >= 0.3 is 0 Å². The lowest BCUT2D eigenvalue weighted by atomic mass is 9.67. The van der Waals surface area contributed by atoms with E-state index in [1.54, 1.807) is 0 Å². The number of rotatable bonds is 8. The topological polar surface area (TPSA) is 21.3 Å². The maximum absolute atomic E-state index is 6.37. The maximum atomic E-state index is 6.37. The summed E-state index contributed by atoms with van der Waals surface area (Å²) >= 11 is 0. The van der Waals surface area contributed by atoms with Gasteiger partial charge in [0.2, 0.25) is 0 Å². The third kappa shape index (κ3) is 4.21. The molecule has 118 valence electrons. The first-order valence-electron chi connectivity index (χ1n) is 8.89. The normalized spacial score (nSPS) is 26.4. The third-order valence-corrected chi connectivity index (χ3v) is 5.53. The number of hydrogen-bond donors (Lipinski definition) is 1. The first-order chi connectivity index (χ1) is 9.51. The van der Waals surface area contributed by atoms with Crippen LogP contribution in [0.2, 0.25) is 0 Å². The van der Waals surface area contributed by atoms with E-state index in [1.165, 1.54) is 51.4 Å². The van der Waals surface area contributed by atoms with E-state index in [1.807, 2.05) is 0 Å². The summed E-state index contributed by atoms with van der Waals surface area (Å²) in [6.07, 6.45) is 10.7. The van der Waals surface area contributed by atoms with Crippen LogP contribution in [-0.2, 0) is 4.74 Å². The summed E-state index contributed by atoms with van der Waals surface area (Å²) < 4.78 is 6.37. The molecule has 0 aromatic carbocycles. The van der Waals surface area contributed by atoms with E-state index < -0.39 is 0 Å². The van der Waals surface area contributed by atoms with Crippen LogP contribution in [0.25, 0.3) is 0 Å². The Balaban J connectivity index is 2.01. The lowest BCUT2D eigenvalue weighted by Gasteiger charge is -2.48. The highest BCUT2D eigenvalue weighted by Gasteiger charge is 2.44. The molecule has 1 N–H and O–H groups in total. The standard InChI is InChI=1S/C18H35NO/c1-5-19-16(10-9-15-7-8-15)18(20-6-2)13-11-17(3,4)12-14-18/h15-16,19H,5-14H2,1-4H3. The van der Waals surface area contributed by atoms with Gasteiger partial charge in [0, 0.05) is 12.6 Å². The van der Waals surface area contributed by atoms with Crippen molar-refractivity contribution in [3.8, 4) is 0 Å². The van der Waals surface area contributed by atoms with Crippen LogP contribution in [-0.4, -0.2) is 24.8 Å². The van der Waals surface area contributed by atoms with Crippen LogP contribution in [0.4, 0.5) is 0 Å². The van der Waals surface area contributed by atoms with Crippen molar-refractivity contribution in [1.29, 1.82) is 0 Å². The molecule has 0 bridgehead atoms. The van der Waals surface area contributed by atoms with Crippen LogP contribution in [0.3, 0.4) is 0 Å². The Morgan fingerprint density at radius 1 is 1.10 bits per heavy atom. The smallest absolute Gasteiger partial charge is 0.0834 e. The van der Waals surface area contributed by atoms with E-state index >= 15 is 0 Å². The zero-order valence-corrected chi connectivity index (χ0v) is 14.1. The molecule has 2 fully saturated rings. The van der Waals surface area contributed by atoms with Gasteiger partial charge in [-0.1, -0.05) is 33.6 Å². The molecule has 0 aliphatic heterocycles. The Labute approximate surface area is 126 Å². The Hall–Kier alpha value is -0.0800. The largest absolute Gasteiger partial charge is 0.374 e. The van der Waals surface area contributed by atoms with Gasteiger partial charge in [-0.3, -0.25) is 0 Å². The van der Waals surface area contributed by atoms with E-state index in [0.717, 1.165) is 19.1 Å². The van der Waals surface area contributed by atoms with Crippen LogP contribution >= 0.6 is 0 Å². The van der Waals surface area contributed by atoms with Gasteiger partial charge in [-0.2, -0.15) is 0 Å². The number of hydrogen-bond acceptors (Lipinski definition) is 2. The van der Waals surface area contributed by atoms with Gasteiger partial charge in [0.25, 0.3) is 0 Å². The minimum Gasteiger partial charge on any atom is -0.374 e. The van der Waals surface area contributed by atoms with Crippen molar-refractivity contribution < 1.29 is 4.74 Å². The zero-order chi connectivity index (χ0) is 14.6. The van der Waals surface area contributed by atoms with Gasteiger partial charge in [0.15, 0.2) is 0 Å². The average Bonchev–Trinajstić information content (AvgIpc) is 3.22. The quantitative estimate of drug-likeness (QED) is 0.706. The summed E-state index contributed by atoms with van der Waals surface area (Å²) in [6.45, 7) is 11.1. The van der Waals surface area contributed by atoms with Gasteiger partial charge in [-0.25, -0.2) is 0 Å². The average molecular weight is 281 g/mol. The fraction of sp³-hybridized carbons (Fsp3) is 1.00. The van der Waals surface area contributed by atoms with Crippen molar-refractivity contribution in [3.05, 3.63) is 0 Å². The van der Waals surface area contributed by atoms with Crippen molar-refractivity contribution in [1.82, 2.24) is 5.32 Å². The van der Waals surface area contributed by atoms with E-state index in [4.69, 9.17) is 4.74 Å². The molecule has 20 heavy (non-hydrogen) atoms. The second-order valence-corrected chi connectivity index (χ2v) is 7.79. The molecule has 1 atom stereocenters. The van der Waals surface area contributed by atoms with Crippen molar-refractivity contribution in [2.45, 2.75) is 90.7 Å². The molecule has 1 unspecified atom stereocenters. The Morgan fingerprint density at radius 2 is 1.75 bits per heavy atom. The summed E-state index contributed by atoms with van der Waals surface area (Å²) in [5.41, 5.74) is 0.614. The molecule has 0 radical (unpaired) electrons. The maximum Gasteiger partial charge on any atom is 0.0834 e. The molecule has 0 aromatic heterocycles. The highest BCUT2D eigenvalue weighted by molar-refractivity contribution is 4.99. The fourth-order valence-electron chi connectivity index (χ4n) is 3.84. The molecule has 0 aromatic rings. The third-order valence-electron chi connectivity index (χ3n) is 5.53. The van der Waals surface area contributed by atoms with E-state index in [2.05, 4.69) is 33.0 Å². The predicted octanol–water partition coefficient (Wildman–Crippen LogP) is 4.53. The zero-order valence-electron chi connectivity index (χ0n) is 14.1. The SMILES string of the molecule is CCNC(CCC1CC1)C1(OCC)CCC(C)(C)CC1. The highest BCUT2D eigenvalue weighted by Crippen LogP contribution is 2.45.